The van der Waals surface area contributed by atoms with Crippen LogP contribution in [0.3, 0.4) is 0 Å². The Hall–Kier alpha value is -2.62. The molecule has 2 aromatic heterocycles. The van der Waals surface area contributed by atoms with E-state index in [1.807, 2.05) is 31.2 Å². The van der Waals surface area contributed by atoms with Gasteiger partial charge in [-0.15, -0.1) is 0 Å². The highest BCUT2D eigenvalue weighted by Crippen LogP contribution is 2.20. The second-order valence-corrected chi connectivity index (χ2v) is 4.19. The molecule has 0 N–H and O–H groups in total. The molecule has 0 aliphatic carbocycles. The van der Waals surface area contributed by atoms with Crippen LogP contribution in [-0.4, -0.2) is 19.9 Å². The Balaban J connectivity index is 1.93. The lowest BCUT2D eigenvalue weighted by Crippen LogP contribution is -1.89. The fourth-order valence-electron chi connectivity index (χ4n) is 1.78. The Morgan fingerprint density at radius 1 is 0.737 bits per heavy atom. The van der Waals surface area contributed by atoms with E-state index in [-0.39, 0.29) is 0 Å². The third-order valence-corrected chi connectivity index (χ3v) is 2.79. The summed E-state index contributed by atoms with van der Waals surface area (Å²) in [4.78, 5) is 17.1. The van der Waals surface area contributed by atoms with E-state index < -0.39 is 0 Å². The highest BCUT2D eigenvalue weighted by molar-refractivity contribution is 5.64. The van der Waals surface area contributed by atoms with Crippen LogP contribution in [0.2, 0.25) is 0 Å². The second kappa shape index (κ2) is 4.94. The normalized spacial score (nSPS) is 10.4. The van der Waals surface area contributed by atoms with Crippen LogP contribution in [0.5, 0.6) is 0 Å². The Labute approximate surface area is 111 Å². The molecule has 0 fully saturated rings. The number of benzene rings is 1. The largest absolute Gasteiger partial charge is 0.258 e. The van der Waals surface area contributed by atoms with Crippen LogP contribution in [0.4, 0.5) is 0 Å². The van der Waals surface area contributed by atoms with Gasteiger partial charge in [0.25, 0.3) is 0 Å². The van der Waals surface area contributed by atoms with Gasteiger partial charge in [0, 0.05) is 29.7 Å². The third kappa shape index (κ3) is 2.47. The van der Waals surface area contributed by atoms with Crippen LogP contribution in [0.15, 0.2) is 55.1 Å². The number of rotatable bonds is 2. The van der Waals surface area contributed by atoms with Gasteiger partial charge in [0.1, 0.15) is 0 Å². The lowest BCUT2D eigenvalue weighted by atomic mass is 10.1. The van der Waals surface area contributed by atoms with Crippen molar-refractivity contribution in [2.45, 2.75) is 6.92 Å². The molecule has 0 bridgehead atoms. The monoisotopic (exact) mass is 248 g/mol. The summed E-state index contributed by atoms with van der Waals surface area (Å²) in [6.07, 6.45) is 7.02. The molecule has 3 aromatic rings. The van der Waals surface area contributed by atoms with E-state index in [2.05, 4.69) is 19.9 Å². The maximum Gasteiger partial charge on any atom is 0.159 e. The van der Waals surface area contributed by atoms with Gasteiger partial charge in [-0.25, -0.2) is 9.97 Å². The maximum absolute atomic E-state index is 4.36. The number of hydrogen-bond donors (Lipinski definition) is 0. The zero-order chi connectivity index (χ0) is 13.1. The average molecular weight is 248 g/mol. The summed E-state index contributed by atoms with van der Waals surface area (Å²) in [6, 6.07) is 9.80. The molecule has 92 valence electrons. The van der Waals surface area contributed by atoms with Crippen LogP contribution < -0.4 is 0 Å². The number of hydrogen-bond acceptors (Lipinski definition) is 4. The van der Waals surface area contributed by atoms with E-state index in [9.17, 15) is 0 Å². The minimum atomic E-state index is 0.726. The molecule has 4 heteroatoms. The fourth-order valence-corrected chi connectivity index (χ4v) is 1.78. The molecular weight excluding hydrogens is 236 g/mol. The van der Waals surface area contributed by atoms with Crippen LogP contribution in [0.1, 0.15) is 5.69 Å². The van der Waals surface area contributed by atoms with Gasteiger partial charge < -0.3 is 0 Å². The minimum Gasteiger partial charge on any atom is -0.258 e. The van der Waals surface area contributed by atoms with Crippen molar-refractivity contribution in [3.05, 3.63) is 60.8 Å². The van der Waals surface area contributed by atoms with Gasteiger partial charge in [-0.1, -0.05) is 24.3 Å². The van der Waals surface area contributed by atoms with Gasteiger partial charge >= 0.3 is 0 Å². The summed E-state index contributed by atoms with van der Waals surface area (Å²) in [6.45, 7) is 1.92. The van der Waals surface area contributed by atoms with E-state index in [0.29, 0.717) is 0 Å². The van der Waals surface area contributed by atoms with Crippen LogP contribution in [0, 0.1) is 6.92 Å². The van der Waals surface area contributed by atoms with Crippen molar-refractivity contribution >= 4 is 0 Å². The van der Waals surface area contributed by atoms with Crippen molar-refractivity contribution in [1.82, 2.24) is 19.9 Å². The molecule has 0 aliphatic heterocycles. The van der Waals surface area contributed by atoms with Crippen LogP contribution >= 0.6 is 0 Å². The molecule has 3 rings (SSSR count). The van der Waals surface area contributed by atoms with Gasteiger partial charge in [-0.3, -0.25) is 9.97 Å². The van der Waals surface area contributed by atoms with Gasteiger partial charge in [0.2, 0.25) is 0 Å². The fraction of sp³-hybridized carbons (Fsp3) is 0.0667. The molecule has 0 saturated heterocycles. The van der Waals surface area contributed by atoms with Crippen molar-refractivity contribution in [1.29, 1.82) is 0 Å². The van der Waals surface area contributed by atoms with Crippen molar-refractivity contribution in [2.24, 2.45) is 0 Å². The van der Waals surface area contributed by atoms with E-state index in [0.717, 1.165) is 28.3 Å². The first-order valence-corrected chi connectivity index (χ1v) is 5.99. The van der Waals surface area contributed by atoms with Crippen molar-refractivity contribution in [3.8, 4) is 22.6 Å². The molecule has 1 aromatic carbocycles. The lowest BCUT2D eigenvalue weighted by Gasteiger charge is -2.03. The van der Waals surface area contributed by atoms with Crippen molar-refractivity contribution < 1.29 is 0 Å². The van der Waals surface area contributed by atoms with E-state index >= 15 is 0 Å². The average Bonchev–Trinajstić information content (AvgIpc) is 2.49. The summed E-state index contributed by atoms with van der Waals surface area (Å²) in [5, 5.41) is 0. The molecule has 0 saturated carbocycles. The topological polar surface area (TPSA) is 51.6 Å². The molecule has 19 heavy (non-hydrogen) atoms. The maximum atomic E-state index is 4.36. The summed E-state index contributed by atoms with van der Waals surface area (Å²) in [7, 11) is 0. The van der Waals surface area contributed by atoms with E-state index in [4.69, 9.17) is 0 Å². The quantitative estimate of drug-likeness (QED) is 0.699. The van der Waals surface area contributed by atoms with Crippen molar-refractivity contribution in [2.75, 3.05) is 0 Å². The first-order valence-electron chi connectivity index (χ1n) is 5.99. The Morgan fingerprint density at radius 2 is 1.42 bits per heavy atom. The Bertz CT molecular complexity index is 661. The number of aromatic nitrogens is 4. The zero-order valence-corrected chi connectivity index (χ0v) is 10.5. The molecule has 4 nitrogen and oxygen atoms in total. The molecule has 0 amide bonds. The van der Waals surface area contributed by atoms with Crippen LogP contribution in [0.25, 0.3) is 22.6 Å². The number of aryl methyl sites for hydroxylation is 1. The zero-order valence-electron chi connectivity index (χ0n) is 10.5. The predicted octanol–water partition coefficient (Wildman–Crippen LogP) is 2.91. The minimum absolute atomic E-state index is 0.726. The molecule has 0 spiro atoms. The highest BCUT2D eigenvalue weighted by Gasteiger charge is 2.02. The van der Waals surface area contributed by atoms with Crippen molar-refractivity contribution in [3.63, 3.8) is 0 Å². The van der Waals surface area contributed by atoms with E-state index in [1.165, 1.54) is 0 Å². The van der Waals surface area contributed by atoms with Gasteiger partial charge in [0.05, 0.1) is 17.6 Å². The Kier molecular flexibility index (Phi) is 2.98. The lowest BCUT2D eigenvalue weighted by molar-refractivity contribution is 1.12. The molecule has 0 atom stereocenters. The van der Waals surface area contributed by atoms with Gasteiger partial charge in [-0.05, 0) is 13.0 Å². The van der Waals surface area contributed by atoms with Crippen LogP contribution in [-0.2, 0) is 0 Å². The molecular formula is C15H12N4. The summed E-state index contributed by atoms with van der Waals surface area (Å²) >= 11 is 0. The summed E-state index contributed by atoms with van der Waals surface area (Å²) < 4.78 is 0. The first-order chi connectivity index (χ1) is 9.33. The standard InChI is InChI=1S/C15H12N4/c1-11-9-19-14(10-18-11)12-3-5-13(6-4-12)15-16-7-2-8-17-15/h2-10H,1H3. The SMILES string of the molecule is Cc1cnc(-c2ccc(-c3ncccn3)cc2)cn1. The first kappa shape index (κ1) is 11.5. The summed E-state index contributed by atoms with van der Waals surface area (Å²) in [5.41, 5.74) is 3.81. The Morgan fingerprint density at radius 3 is 2.05 bits per heavy atom. The second-order valence-electron chi connectivity index (χ2n) is 4.19. The van der Waals surface area contributed by atoms with Gasteiger partial charge in [0.15, 0.2) is 5.82 Å². The van der Waals surface area contributed by atoms with Gasteiger partial charge in [-0.2, -0.15) is 0 Å². The number of nitrogens with zero attached hydrogens (tertiary/aromatic N) is 4. The van der Waals surface area contributed by atoms with E-state index in [1.54, 1.807) is 30.9 Å². The molecule has 0 aliphatic rings. The third-order valence-electron chi connectivity index (χ3n) is 2.79. The smallest absolute Gasteiger partial charge is 0.159 e. The molecule has 2 heterocycles. The molecule has 0 radical (unpaired) electrons. The summed E-state index contributed by atoms with van der Waals surface area (Å²) in [5.74, 6) is 0.726. The predicted molar refractivity (Wildman–Crippen MR) is 73.2 cm³/mol. The highest BCUT2D eigenvalue weighted by atomic mass is 14.8. The molecule has 0 unspecified atom stereocenters.